The number of nitrogens with zero attached hydrogens (tertiary/aromatic N) is 1. The number of amides is 4. The highest BCUT2D eigenvalue weighted by Crippen LogP contribution is 2.32. The van der Waals surface area contributed by atoms with Crippen molar-refractivity contribution in [1.82, 2.24) is 5.32 Å². The van der Waals surface area contributed by atoms with Crippen molar-refractivity contribution >= 4 is 41.2 Å². The molecule has 4 amide bonds. The number of nitrogens with one attached hydrogen (secondary N) is 1. The van der Waals surface area contributed by atoms with E-state index in [1.54, 1.807) is 49.4 Å². The van der Waals surface area contributed by atoms with E-state index in [1.165, 1.54) is 30.3 Å². The fourth-order valence-electron chi connectivity index (χ4n) is 3.47. The summed E-state index contributed by atoms with van der Waals surface area (Å²) in [5.74, 6) is -1.21. The second kappa shape index (κ2) is 10.4. The van der Waals surface area contributed by atoms with Gasteiger partial charge in [0, 0.05) is 0 Å². The van der Waals surface area contributed by atoms with Gasteiger partial charge in [-0.15, -0.1) is 0 Å². The Labute approximate surface area is 205 Å². The zero-order valence-corrected chi connectivity index (χ0v) is 19.3. The zero-order chi connectivity index (χ0) is 24.9. The van der Waals surface area contributed by atoms with Gasteiger partial charge in [0.15, 0.2) is 11.5 Å². The van der Waals surface area contributed by atoms with Crippen molar-refractivity contribution < 1.29 is 28.2 Å². The number of benzene rings is 3. The Hall–Kier alpha value is -4.17. The number of halogens is 2. The first-order chi connectivity index (χ1) is 16.9. The minimum atomic E-state index is -0.888. The van der Waals surface area contributed by atoms with Gasteiger partial charge in [-0.05, 0) is 60.5 Å². The van der Waals surface area contributed by atoms with E-state index in [2.05, 4.69) is 5.32 Å². The minimum Gasteiger partial charge on any atom is -0.490 e. The fraction of sp³-hybridized carbons (Fsp3) is 0.115. The van der Waals surface area contributed by atoms with Crippen LogP contribution < -0.4 is 19.7 Å². The first-order valence-electron chi connectivity index (χ1n) is 10.7. The summed E-state index contributed by atoms with van der Waals surface area (Å²) in [5.41, 5.74) is 1.03. The molecule has 1 saturated heterocycles. The maximum Gasteiger partial charge on any atom is 0.335 e. The van der Waals surface area contributed by atoms with Crippen LogP contribution in [0.4, 0.5) is 14.9 Å². The molecule has 0 radical (unpaired) electrons. The Morgan fingerprint density at radius 1 is 0.971 bits per heavy atom. The van der Waals surface area contributed by atoms with Crippen molar-refractivity contribution in [2.75, 3.05) is 11.5 Å². The van der Waals surface area contributed by atoms with Crippen LogP contribution in [0.3, 0.4) is 0 Å². The van der Waals surface area contributed by atoms with Crippen molar-refractivity contribution in [2.24, 2.45) is 0 Å². The number of para-hydroxylation sites is 1. The van der Waals surface area contributed by atoms with E-state index in [4.69, 9.17) is 21.1 Å². The molecule has 0 atom stereocenters. The second-order valence-electron chi connectivity index (χ2n) is 7.47. The molecule has 9 heteroatoms. The third kappa shape index (κ3) is 5.33. The summed E-state index contributed by atoms with van der Waals surface area (Å²) >= 11 is 6.16. The largest absolute Gasteiger partial charge is 0.490 e. The molecule has 0 saturated carbocycles. The van der Waals surface area contributed by atoms with Crippen LogP contribution in [0.25, 0.3) is 6.08 Å². The van der Waals surface area contributed by atoms with Crippen LogP contribution in [0.2, 0.25) is 5.02 Å². The van der Waals surface area contributed by atoms with Gasteiger partial charge in [0.05, 0.1) is 17.3 Å². The molecule has 7 nitrogen and oxygen atoms in total. The molecule has 178 valence electrons. The van der Waals surface area contributed by atoms with Crippen LogP contribution in [-0.2, 0) is 16.2 Å². The van der Waals surface area contributed by atoms with E-state index in [-0.39, 0.29) is 28.7 Å². The Morgan fingerprint density at radius 3 is 2.51 bits per heavy atom. The molecule has 0 unspecified atom stereocenters. The topological polar surface area (TPSA) is 84.9 Å². The van der Waals surface area contributed by atoms with Gasteiger partial charge >= 0.3 is 6.03 Å². The first kappa shape index (κ1) is 24.0. The van der Waals surface area contributed by atoms with Gasteiger partial charge in [-0.25, -0.2) is 14.1 Å². The molecule has 0 aliphatic carbocycles. The van der Waals surface area contributed by atoms with Crippen LogP contribution in [0.1, 0.15) is 18.1 Å². The number of barbiturate groups is 1. The molecule has 1 aliphatic rings. The monoisotopic (exact) mass is 494 g/mol. The highest BCUT2D eigenvalue weighted by molar-refractivity contribution is 6.42. The van der Waals surface area contributed by atoms with Gasteiger partial charge in [-0.3, -0.25) is 14.9 Å². The van der Waals surface area contributed by atoms with Crippen molar-refractivity contribution in [3.63, 3.8) is 0 Å². The predicted molar refractivity (Wildman–Crippen MR) is 129 cm³/mol. The van der Waals surface area contributed by atoms with Gasteiger partial charge in [-0.1, -0.05) is 41.9 Å². The van der Waals surface area contributed by atoms with E-state index in [1.807, 2.05) is 0 Å². The summed E-state index contributed by atoms with van der Waals surface area (Å²) in [6.45, 7) is 2.26. The normalized spacial score (nSPS) is 14.8. The molecule has 1 heterocycles. The maximum atomic E-state index is 13.4. The summed E-state index contributed by atoms with van der Waals surface area (Å²) in [5, 5.41) is 2.35. The summed E-state index contributed by atoms with van der Waals surface area (Å²) in [6, 6.07) is 16.4. The molecule has 35 heavy (non-hydrogen) atoms. The summed E-state index contributed by atoms with van der Waals surface area (Å²) in [6.07, 6.45) is 1.35. The standard InChI is InChI=1S/C26H20ClFN2O5/c1-2-34-23-14-16(10-11-22(23)35-15-17-6-5-7-18(28)12-17)13-19-24(31)29-26(33)30(25(19)32)21-9-4-3-8-20(21)27/h3-14H,2,15H2,1H3,(H,29,31,33)/b19-13+. The van der Waals surface area contributed by atoms with Crippen LogP contribution in [0.15, 0.2) is 72.3 Å². The Balaban J connectivity index is 1.62. The fourth-order valence-corrected chi connectivity index (χ4v) is 3.69. The zero-order valence-electron chi connectivity index (χ0n) is 18.6. The smallest absolute Gasteiger partial charge is 0.335 e. The predicted octanol–water partition coefficient (Wildman–Crippen LogP) is 5.12. The molecule has 0 bridgehead atoms. The first-order valence-corrected chi connectivity index (χ1v) is 11.0. The number of carbonyl (C=O) groups is 3. The van der Waals surface area contributed by atoms with E-state index in [0.717, 1.165) is 4.90 Å². The molecule has 1 fully saturated rings. The Morgan fingerprint density at radius 2 is 1.77 bits per heavy atom. The van der Waals surface area contributed by atoms with Gasteiger partial charge in [-0.2, -0.15) is 0 Å². The van der Waals surface area contributed by atoms with Gasteiger partial charge in [0.2, 0.25) is 0 Å². The Bertz CT molecular complexity index is 1340. The van der Waals surface area contributed by atoms with Gasteiger partial charge in [0.1, 0.15) is 18.0 Å². The molecular weight excluding hydrogens is 475 g/mol. The number of imide groups is 2. The van der Waals surface area contributed by atoms with Gasteiger partial charge in [0.25, 0.3) is 11.8 Å². The van der Waals surface area contributed by atoms with Gasteiger partial charge < -0.3 is 9.47 Å². The van der Waals surface area contributed by atoms with Crippen LogP contribution in [0, 0.1) is 5.82 Å². The highest BCUT2D eigenvalue weighted by Gasteiger charge is 2.37. The van der Waals surface area contributed by atoms with E-state index >= 15 is 0 Å². The SMILES string of the molecule is CCOc1cc(/C=C2\C(=O)NC(=O)N(c3ccccc3Cl)C2=O)ccc1OCc1cccc(F)c1. The molecule has 1 N–H and O–H groups in total. The van der Waals surface area contributed by atoms with E-state index in [0.29, 0.717) is 29.2 Å². The summed E-state index contributed by atoms with van der Waals surface area (Å²) < 4.78 is 24.9. The highest BCUT2D eigenvalue weighted by atomic mass is 35.5. The maximum absolute atomic E-state index is 13.4. The molecule has 4 rings (SSSR count). The minimum absolute atomic E-state index is 0.119. The van der Waals surface area contributed by atoms with Crippen molar-refractivity contribution in [1.29, 1.82) is 0 Å². The molecular formula is C26H20ClFN2O5. The third-order valence-electron chi connectivity index (χ3n) is 5.06. The number of rotatable bonds is 7. The molecule has 1 aliphatic heterocycles. The number of carbonyl (C=O) groups excluding carboxylic acids is 3. The van der Waals surface area contributed by atoms with Crippen LogP contribution >= 0.6 is 11.6 Å². The van der Waals surface area contributed by atoms with E-state index in [9.17, 15) is 18.8 Å². The number of ether oxygens (including phenoxy) is 2. The second-order valence-corrected chi connectivity index (χ2v) is 7.87. The lowest BCUT2D eigenvalue weighted by Gasteiger charge is -2.27. The Kier molecular flexibility index (Phi) is 7.12. The van der Waals surface area contributed by atoms with Crippen LogP contribution in [-0.4, -0.2) is 24.5 Å². The number of hydrogen-bond donors (Lipinski definition) is 1. The third-order valence-corrected chi connectivity index (χ3v) is 5.38. The van der Waals surface area contributed by atoms with Crippen molar-refractivity contribution in [2.45, 2.75) is 13.5 Å². The van der Waals surface area contributed by atoms with Crippen molar-refractivity contribution in [3.05, 3.63) is 94.3 Å². The molecule has 3 aromatic rings. The molecule has 3 aromatic carbocycles. The average molecular weight is 495 g/mol. The van der Waals surface area contributed by atoms with Crippen LogP contribution in [0.5, 0.6) is 11.5 Å². The number of urea groups is 1. The number of anilines is 1. The lowest BCUT2D eigenvalue weighted by Crippen LogP contribution is -2.54. The summed E-state index contributed by atoms with van der Waals surface area (Å²) in [7, 11) is 0. The van der Waals surface area contributed by atoms with Crippen molar-refractivity contribution in [3.8, 4) is 11.5 Å². The number of hydrogen-bond acceptors (Lipinski definition) is 5. The quantitative estimate of drug-likeness (QED) is 0.364. The average Bonchev–Trinajstić information content (AvgIpc) is 2.82. The lowest BCUT2D eigenvalue weighted by atomic mass is 10.1. The summed E-state index contributed by atoms with van der Waals surface area (Å²) in [4.78, 5) is 38.8. The molecule has 0 spiro atoms. The lowest BCUT2D eigenvalue weighted by molar-refractivity contribution is -0.122. The molecule has 0 aromatic heterocycles. The van der Waals surface area contributed by atoms with E-state index < -0.39 is 17.8 Å².